The molecular weight excluding hydrogens is 384 g/mol. The van der Waals surface area contributed by atoms with Crippen LogP contribution in [0, 0.1) is 6.92 Å². The van der Waals surface area contributed by atoms with E-state index in [1.807, 2.05) is 19.1 Å². The standard InChI is InChI=1S/C18H16N4O5S/c1-10-5-7-11(8-6-10)15-14(18(24)25)16(22-21-15)20-17(23)12-3-2-4-13(9-12)28(19,26)27/h2-9H,1H3,(H,24,25)(H2,19,26,27)(H2,20,21,22,23). The SMILES string of the molecule is Cc1ccc(-c2n[nH]c(NC(=O)c3cccc(S(N)(=O)=O)c3)c2C(=O)O)cc1. The Morgan fingerprint density at radius 1 is 1.14 bits per heavy atom. The van der Waals surface area contributed by atoms with Gasteiger partial charge in [-0.05, 0) is 25.1 Å². The van der Waals surface area contributed by atoms with Crippen LogP contribution in [0.25, 0.3) is 11.3 Å². The number of anilines is 1. The quantitative estimate of drug-likeness (QED) is 0.513. The normalized spacial score (nSPS) is 11.2. The number of carboxylic acids is 1. The molecule has 5 N–H and O–H groups in total. The molecule has 0 bridgehead atoms. The lowest BCUT2D eigenvalue weighted by atomic mass is 10.1. The monoisotopic (exact) mass is 400 g/mol. The minimum atomic E-state index is -3.98. The van der Waals surface area contributed by atoms with Gasteiger partial charge in [0.15, 0.2) is 0 Å². The van der Waals surface area contributed by atoms with Crippen LogP contribution in [0.5, 0.6) is 0 Å². The lowest BCUT2D eigenvalue weighted by molar-refractivity contribution is 0.0699. The van der Waals surface area contributed by atoms with Crippen LogP contribution in [-0.4, -0.2) is 35.6 Å². The maximum Gasteiger partial charge on any atom is 0.341 e. The third-order valence-corrected chi connectivity index (χ3v) is 4.88. The van der Waals surface area contributed by atoms with Crippen LogP contribution in [-0.2, 0) is 10.0 Å². The van der Waals surface area contributed by atoms with Crippen molar-refractivity contribution in [2.45, 2.75) is 11.8 Å². The van der Waals surface area contributed by atoms with Crippen molar-refractivity contribution in [3.05, 3.63) is 65.2 Å². The molecule has 0 fully saturated rings. The highest BCUT2D eigenvalue weighted by atomic mass is 32.2. The summed E-state index contributed by atoms with van der Waals surface area (Å²) in [5.74, 6) is -2.11. The summed E-state index contributed by atoms with van der Waals surface area (Å²) in [6, 6.07) is 12.2. The molecule has 0 unspecified atom stereocenters. The van der Waals surface area contributed by atoms with Crippen molar-refractivity contribution in [3.8, 4) is 11.3 Å². The van der Waals surface area contributed by atoms with Crippen LogP contribution in [0.3, 0.4) is 0 Å². The molecule has 0 aliphatic carbocycles. The zero-order valence-corrected chi connectivity index (χ0v) is 15.4. The molecule has 1 aromatic heterocycles. The Bertz CT molecular complexity index is 1170. The number of hydrogen-bond acceptors (Lipinski definition) is 5. The number of nitrogens with two attached hydrogens (primary N) is 1. The molecular formula is C18H16N4O5S. The van der Waals surface area contributed by atoms with Gasteiger partial charge in [-0.15, -0.1) is 0 Å². The van der Waals surface area contributed by atoms with Gasteiger partial charge in [-0.2, -0.15) is 5.10 Å². The van der Waals surface area contributed by atoms with E-state index in [0.717, 1.165) is 11.6 Å². The number of aromatic carboxylic acids is 1. The fourth-order valence-electron chi connectivity index (χ4n) is 2.56. The highest BCUT2D eigenvalue weighted by Gasteiger charge is 2.23. The number of carboxylic acid groups (broad SMARTS) is 1. The van der Waals surface area contributed by atoms with Crippen LogP contribution >= 0.6 is 0 Å². The second kappa shape index (κ2) is 7.25. The Balaban J connectivity index is 1.96. The fraction of sp³-hybridized carbons (Fsp3) is 0.0556. The van der Waals surface area contributed by atoms with E-state index in [-0.39, 0.29) is 27.5 Å². The number of carbonyl (C=O) groups is 2. The van der Waals surface area contributed by atoms with Crippen molar-refractivity contribution < 1.29 is 23.1 Å². The highest BCUT2D eigenvalue weighted by molar-refractivity contribution is 7.89. The first kappa shape index (κ1) is 19.3. The van der Waals surface area contributed by atoms with E-state index in [1.165, 1.54) is 18.2 Å². The smallest absolute Gasteiger partial charge is 0.341 e. The van der Waals surface area contributed by atoms with E-state index in [2.05, 4.69) is 15.5 Å². The van der Waals surface area contributed by atoms with Gasteiger partial charge in [-0.25, -0.2) is 18.4 Å². The number of aromatic nitrogens is 2. The summed E-state index contributed by atoms with van der Waals surface area (Å²) in [4.78, 5) is 24.0. The molecule has 144 valence electrons. The number of amides is 1. The van der Waals surface area contributed by atoms with Crippen molar-refractivity contribution in [1.82, 2.24) is 10.2 Å². The Morgan fingerprint density at radius 2 is 1.82 bits per heavy atom. The number of rotatable bonds is 5. The van der Waals surface area contributed by atoms with Gasteiger partial charge in [-0.1, -0.05) is 35.9 Å². The van der Waals surface area contributed by atoms with E-state index in [1.54, 1.807) is 12.1 Å². The van der Waals surface area contributed by atoms with Crippen molar-refractivity contribution >= 4 is 27.7 Å². The van der Waals surface area contributed by atoms with Crippen molar-refractivity contribution in [3.63, 3.8) is 0 Å². The highest BCUT2D eigenvalue weighted by Crippen LogP contribution is 2.27. The summed E-state index contributed by atoms with van der Waals surface area (Å²) in [5.41, 5.74) is 1.52. The van der Waals surface area contributed by atoms with Gasteiger partial charge in [-0.3, -0.25) is 9.89 Å². The maximum atomic E-state index is 12.5. The van der Waals surface area contributed by atoms with Gasteiger partial charge >= 0.3 is 5.97 Å². The molecule has 0 saturated carbocycles. The van der Waals surface area contributed by atoms with Crippen LogP contribution in [0.4, 0.5) is 5.82 Å². The number of benzene rings is 2. The molecule has 1 heterocycles. The second-order valence-electron chi connectivity index (χ2n) is 6.02. The zero-order chi connectivity index (χ0) is 20.5. The first-order valence-corrected chi connectivity index (χ1v) is 9.54. The van der Waals surface area contributed by atoms with Crippen LogP contribution < -0.4 is 10.5 Å². The van der Waals surface area contributed by atoms with Crippen LogP contribution in [0.1, 0.15) is 26.3 Å². The number of nitrogens with one attached hydrogen (secondary N) is 2. The summed E-state index contributed by atoms with van der Waals surface area (Å²) in [6.07, 6.45) is 0. The minimum Gasteiger partial charge on any atom is -0.477 e. The van der Waals surface area contributed by atoms with Gasteiger partial charge in [0.1, 0.15) is 17.1 Å². The Hall–Kier alpha value is -3.50. The van der Waals surface area contributed by atoms with Gasteiger partial charge in [0.05, 0.1) is 4.90 Å². The Morgan fingerprint density at radius 3 is 2.43 bits per heavy atom. The molecule has 0 aliphatic heterocycles. The van der Waals surface area contributed by atoms with Gasteiger partial charge < -0.3 is 10.4 Å². The lowest BCUT2D eigenvalue weighted by Crippen LogP contribution is -2.17. The number of hydrogen-bond donors (Lipinski definition) is 4. The zero-order valence-electron chi connectivity index (χ0n) is 14.6. The average Bonchev–Trinajstić information content (AvgIpc) is 3.05. The Kier molecular flexibility index (Phi) is 4.99. The largest absolute Gasteiger partial charge is 0.477 e. The van der Waals surface area contributed by atoms with Gasteiger partial charge in [0.2, 0.25) is 10.0 Å². The average molecular weight is 400 g/mol. The minimum absolute atomic E-state index is 0.00523. The molecule has 1 amide bonds. The molecule has 0 radical (unpaired) electrons. The van der Waals surface area contributed by atoms with E-state index < -0.39 is 21.9 Å². The number of aromatic amines is 1. The van der Waals surface area contributed by atoms with E-state index in [9.17, 15) is 23.1 Å². The maximum absolute atomic E-state index is 12.5. The topological polar surface area (TPSA) is 155 Å². The van der Waals surface area contributed by atoms with Crippen molar-refractivity contribution in [2.24, 2.45) is 5.14 Å². The van der Waals surface area contributed by atoms with E-state index in [4.69, 9.17) is 5.14 Å². The van der Waals surface area contributed by atoms with Crippen molar-refractivity contribution in [2.75, 3.05) is 5.32 Å². The first-order valence-electron chi connectivity index (χ1n) is 7.99. The van der Waals surface area contributed by atoms with Crippen LogP contribution in [0.15, 0.2) is 53.4 Å². The summed E-state index contributed by atoms with van der Waals surface area (Å²) in [6.45, 7) is 1.90. The number of primary sulfonamides is 1. The molecule has 3 aromatic rings. The fourth-order valence-corrected chi connectivity index (χ4v) is 3.12. The summed E-state index contributed by atoms with van der Waals surface area (Å²) in [5, 5.41) is 23.6. The molecule has 0 spiro atoms. The van der Waals surface area contributed by atoms with Crippen molar-refractivity contribution in [1.29, 1.82) is 0 Å². The molecule has 0 aliphatic rings. The van der Waals surface area contributed by atoms with Gasteiger partial charge in [0.25, 0.3) is 5.91 Å². The van der Waals surface area contributed by atoms with E-state index >= 15 is 0 Å². The molecule has 3 rings (SSSR count). The predicted octanol–water partition coefficient (Wildman–Crippen LogP) is 1.98. The molecule has 0 atom stereocenters. The molecule has 28 heavy (non-hydrogen) atoms. The second-order valence-corrected chi connectivity index (χ2v) is 7.58. The van der Waals surface area contributed by atoms with Crippen LogP contribution in [0.2, 0.25) is 0 Å². The number of carbonyl (C=O) groups excluding carboxylic acids is 1. The summed E-state index contributed by atoms with van der Waals surface area (Å²) < 4.78 is 22.9. The molecule has 9 nitrogen and oxygen atoms in total. The summed E-state index contributed by atoms with van der Waals surface area (Å²) in [7, 11) is -3.98. The predicted molar refractivity (Wildman–Crippen MR) is 101 cm³/mol. The number of sulfonamides is 1. The number of aryl methyl sites for hydroxylation is 1. The number of H-pyrrole nitrogens is 1. The summed E-state index contributed by atoms with van der Waals surface area (Å²) >= 11 is 0. The molecule has 10 heteroatoms. The molecule has 0 saturated heterocycles. The van der Waals surface area contributed by atoms with Gasteiger partial charge in [0, 0.05) is 11.1 Å². The lowest BCUT2D eigenvalue weighted by Gasteiger charge is -2.06. The third kappa shape index (κ3) is 3.92. The first-order chi connectivity index (χ1) is 13.2. The number of nitrogens with zero attached hydrogens (tertiary/aromatic N) is 1. The molecule has 2 aromatic carbocycles. The Labute approximate surface area is 160 Å². The third-order valence-electron chi connectivity index (χ3n) is 3.97. The van der Waals surface area contributed by atoms with E-state index in [0.29, 0.717) is 5.56 Å².